The topological polar surface area (TPSA) is 47.3 Å². The van der Waals surface area contributed by atoms with Crippen LogP contribution in [-0.4, -0.2) is 6.29 Å². The Kier molecular flexibility index (Phi) is 1.44. The second-order valence-electron chi connectivity index (χ2n) is 1.41. The summed E-state index contributed by atoms with van der Waals surface area (Å²) in [6.45, 7) is 0. The van der Waals surface area contributed by atoms with Gasteiger partial charge in [-0.1, -0.05) is 6.07 Å². The number of carbonyl (C=O) groups excluding carboxylic acids is 1. The smallest absolute Gasteiger partial charge is 0.336 e. The molecule has 0 atom stereocenters. The first-order chi connectivity index (χ1) is 4.33. The number of hydrogen-bond donors (Lipinski definition) is 0. The van der Waals surface area contributed by atoms with E-state index in [2.05, 4.69) is 4.42 Å². The fourth-order valence-corrected chi connectivity index (χ4v) is 0.445. The largest absolute Gasteiger partial charge is 0.419 e. The van der Waals surface area contributed by atoms with Crippen LogP contribution in [-0.2, 0) is 4.79 Å². The van der Waals surface area contributed by atoms with Gasteiger partial charge in [-0.15, -0.1) is 0 Å². The minimum Gasteiger partial charge on any atom is -0.419 e. The Labute approximate surface area is 50.9 Å². The lowest BCUT2D eigenvalue weighted by Crippen LogP contribution is -1.96. The summed E-state index contributed by atoms with van der Waals surface area (Å²) in [5.74, 6) is -0.0671. The Balaban J connectivity index is 3.23. The van der Waals surface area contributed by atoms with E-state index in [1.54, 1.807) is 0 Å². The summed E-state index contributed by atoms with van der Waals surface area (Å²) in [5.41, 5.74) is -0.532. The zero-order valence-corrected chi connectivity index (χ0v) is 4.46. The standard InChI is InChI=1S/C6H3O3/c7-4-5-2-1-3-6(8)9-5/h1-3H. The Bertz CT molecular complexity index is 261. The van der Waals surface area contributed by atoms with E-state index >= 15 is 0 Å². The Hall–Kier alpha value is -1.38. The molecule has 0 aliphatic carbocycles. The molecule has 1 aromatic heterocycles. The van der Waals surface area contributed by atoms with Crippen LogP contribution in [0.3, 0.4) is 0 Å². The van der Waals surface area contributed by atoms with Crippen LogP contribution in [0, 0.1) is 0 Å². The van der Waals surface area contributed by atoms with Gasteiger partial charge in [0.1, 0.15) is 0 Å². The molecule has 1 aromatic rings. The molecule has 0 amide bonds. The third-order valence-electron chi connectivity index (χ3n) is 0.791. The summed E-state index contributed by atoms with van der Waals surface area (Å²) < 4.78 is 4.35. The van der Waals surface area contributed by atoms with Crippen LogP contribution >= 0.6 is 0 Å². The average Bonchev–Trinajstić information content (AvgIpc) is 1.88. The van der Waals surface area contributed by atoms with Gasteiger partial charge in [0.2, 0.25) is 0 Å². The molecule has 0 aliphatic heterocycles. The summed E-state index contributed by atoms with van der Waals surface area (Å²) in [6, 6.07) is 4.03. The lowest BCUT2D eigenvalue weighted by molar-refractivity contribution is 0.482. The Morgan fingerprint density at radius 2 is 2.22 bits per heavy atom. The van der Waals surface area contributed by atoms with Gasteiger partial charge in [0.15, 0.2) is 5.76 Å². The monoisotopic (exact) mass is 123 g/mol. The second-order valence-corrected chi connectivity index (χ2v) is 1.41. The second kappa shape index (κ2) is 2.26. The molecule has 0 N–H and O–H groups in total. The molecule has 1 radical (unpaired) electrons. The molecule has 1 heterocycles. The van der Waals surface area contributed by atoms with Crippen LogP contribution in [0.5, 0.6) is 0 Å². The fraction of sp³-hybridized carbons (Fsp3) is 0. The summed E-state index contributed by atoms with van der Waals surface area (Å²) >= 11 is 0. The summed E-state index contributed by atoms with van der Waals surface area (Å²) in [6.07, 6.45) is 1.45. The minimum absolute atomic E-state index is 0.0671. The Morgan fingerprint density at radius 3 is 2.67 bits per heavy atom. The van der Waals surface area contributed by atoms with E-state index in [1.165, 1.54) is 24.5 Å². The van der Waals surface area contributed by atoms with Gasteiger partial charge in [-0.3, -0.25) is 4.79 Å². The van der Waals surface area contributed by atoms with E-state index in [4.69, 9.17) is 0 Å². The molecule has 9 heavy (non-hydrogen) atoms. The predicted octanol–water partition coefficient (Wildman–Crippen LogP) is 0.0976. The van der Waals surface area contributed by atoms with Crippen molar-refractivity contribution < 1.29 is 9.21 Å². The zero-order valence-electron chi connectivity index (χ0n) is 4.46. The maximum atomic E-state index is 10.3. The van der Waals surface area contributed by atoms with Crippen LogP contribution in [0.4, 0.5) is 0 Å². The van der Waals surface area contributed by atoms with Crippen LogP contribution in [0.1, 0.15) is 5.76 Å². The highest BCUT2D eigenvalue weighted by molar-refractivity contribution is 5.70. The lowest BCUT2D eigenvalue weighted by Gasteiger charge is -1.81. The maximum Gasteiger partial charge on any atom is 0.336 e. The van der Waals surface area contributed by atoms with Gasteiger partial charge >= 0.3 is 5.63 Å². The molecule has 0 saturated heterocycles. The van der Waals surface area contributed by atoms with Crippen molar-refractivity contribution in [2.75, 3.05) is 0 Å². The molecule has 0 bridgehead atoms. The van der Waals surface area contributed by atoms with Crippen LogP contribution < -0.4 is 5.63 Å². The lowest BCUT2D eigenvalue weighted by atomic mass is 10.4. The zero-order chi connectivity index (χ0) is 6.69. The molecule has 0 fully saturated rings. The third-order valence-corrected chi connectivity index (χ3v) is 0.791. The van der Waals surface area contributed by atoms with Crippen molar-refractivity contribution in [2.45, 2.75) is 0 Å². The average molecular weight is 123 g/mol. The highest BCUT2D eigenvalue weighted by Gasteiger charge is 1.90. The predicted molar refractivity (Wildman–Crippen MR) is 29.8 cm³/mol. The minimum atomic E-state index is -0.532. The molecular weight excluding hydrogens is 120 g/mol. The van der Waals surface area contributed by atoms with Crippen LogP contribution in [0.25, 0.3) is 0 Å². The van der Waals surface area contributed by atoms with Gasteiger partial charge in [0, 0.05) is 6.07 Å². The SMILES string of the molecule is O=[C]c1cccc(=O)o1. The Morgan fingerprint density at radius 1 is 1.44 bits per heavy atom. The third kappa shape index (κ3) is 1.25. The van der Waals surface area contributed by atoms with Crippen LogP contribution in [0.2, 0.25) is 0 Å². The molecule has 45 valence electrons. The number of rotatable bonds is 1. The molecule has 0 unspecified atom stereocenters. The van der Waals surface area contributed by atoms with Crippen LogP contribution in [0.15, 0.2) is 27.4 Å². The van der Waals surface area contributed by atoms with Gasteiger partial charge < -0.3 is 4.42 Å². The van der Waals surface area contributed by atoms with Gasteiger partial charge in [-0.2, -0.15) is 0 Å². The van der Waals surface area contributed by atoms with Crippen molar-refractivity contribution in [3.05, 3.63) is 34.4 Å². The van der Waals surface area contributed by atoms with Crippen molar-refractivity contribution in [1.82, 2.24) is 0 Å². The quantitative estimate of drug-likeness (QED) is 0.532. The molecule has 0 aliphatic rings. The first-order valence-electron chi connectivity index (χ1n) is 2.31. The van der Waals surface area contributed by atoms with Crippen molar-refractivity contribution >= 4 is 6.29 Å². The van der Waals surface area contributed by atoms with E-state index < -0.39 is 5.63 Å². The van der Waals surface area contributed by atoms with Gasteiger partial charge in [0.05, 0.1) is 0 Å². The van der Waals surface area contributed by atoms with E-state index in [1.807, 2.05) is 0 Å². The fourth-order valence-electron chi connectivity index (χ4n) is 0.445. The van der Waals surface area contributed by atoms with Gasteiger partial charge in [0.25, 0.3) is 6.29 Å². The van der Waals surface area contributed by atoms with Gasteiger partial charge in [-0.25, -0.2) is 4.79 Å². The molecule has 0 aromatic carbocycles. The summed E-state index contributed by atoms with van der Waals surface area (Å²) in [7, 11) is 0. The van der Waals surface area contributed by atoms with Gasteiger partial charge in [-0.05, 0) is 6.07 Å². The summed E-state index contributed by atoms with van der Waals surface area (Å²) in [5, 5.41) is 0. The highest BCUT2D eigenvalue weighted by atomic mass is 16.4. The first kappa shape index (κ1) is 5.75. The highest BCUT2D eigenvalue weighted by Crippen LogP contribution is 1.86. The van der Waals surface area contributed by atoms with E-state index in [0.29, 0.717) is 0 Å². The van der Waals surface area contributed by atoms with Crippen molar-refractivity contribution in [3.8, 4) is 0 Å². The molecular formula is C6H3O3. The molecule has 0 saturated carbocycles. The molecule has 3 nitrogen and oxygen atoms in total. The van der Waals surface area contributed by atoms with E-state index in [9.17, 15) is 9.59 Å². The molecule has 0 spiro atoms. The van der Waals surface area contributed by atoms with Crippen molar-refractivity contribution in [3.63, 3.8) is 0 Å². The normalized spacial score (nSPS) is 8.89. The van der Waals surface area contributed by atoms with E-state index in [0.717, 1.165) is 0 Å². The maximum absolute atomic E-state index is 10.3. The molecule has 3 heteroatoms. The van der Waals surface area contributed by atoms with Crippen molar-refractivity contribution in [2.24, 2.45) is 0 Å². The summed E-state index contributed by atoms with van der Waals surface area (Å²) in [4.78, 5) is 20.1. The number of hydrogen-bond acceptors (Lipinski definition) is 3. The van der Waals surface area contributed by atoms with Crippen molar-refractivity contribution in [1.29, 1.82) is 0 Å². The first-order valence-corrected chi connectivity index (χ1v) is 2.31. The van der Waals surface area contributed by atoms with E-state index in [-0.39, 0.29) is 5.76 Å². The molecule has 1 rings (SSSR count).